The van der Waals surface area contributed by atoms with Crippen LogP contribution in [-0.2, 0) is 22.6 Å². The maximum atomic E-state index is 13.0. The van der Waals surface area contributed by atoms with Gasteiger partial charge in [-0.1, -0.05) is 60.1 Å². The lowest BCUT2D eigenvalue weighted by molar-refractivity contribution is -0.139. The first-order valence-corrected chi connectivity index (χ1v) is 11.1. The van der Waals surface area contributed by atoms with Crippen LogP contribution in [0.25, 0.3) is 0 Å². The van der Waals surface area contributed by atoms with E-state index >= 15 is 0 Å². The van der Waals surface area contributed by atoms with Gasteiger partial charge in [0, 0.05) is 30.1 Å². The van der Waals surface area contributed by atoms with Crippen LogP contribution in [-0.4, -0.2) is 35.3 Å². The number of nitrogens with one attached hydrogen (secondary N) is 2. The summed E-state index contributed by atoms with van der Waals surface area (Å²) in [5.41, 5.74) is 1.95. The van der Waals surface area contributed by atoms with E-state index in [9.17, 15) is 14.4 Å². The maximum Gasteiger partial charge on any atom is 0.324 e. The molecule has 4 rings (SSSR count). The van der Waals surface area contributed by atoms with Crippen molar-refractivity contribution in [2.75, 3.05) is 6.54 Å². The molecule has 1 heterocycles. The highest BCUT2D eigenvalue weighted by Crippen LogP contribution is 2.33. The first-order valence-electron chi connectivity index (χ1n) is 10.7. The quantitative estimate of drug-likeness (QED) is 0.722. The molecule has 31 heavy (non-hydrogen) atoms. The molecule has 0 aromatic heterocycles. The van der Waals surface area contributed by atoms with Crippen LogP contribution in [0.3, 0.4) is 0 Å². The Labute approximate surface area is 187 Å². The summed E-state index contributed by atoms with van der Waals surface area (Å²) < 4.78 is 0. The fourth-order valence-electron chi connectivity index (χ4n) is 4.47. The molecule has 2 N–H and O–H groups in total. The van der Waals surface area contributed by atoms with Crippen LogP contribution < -0.4 is 10.6 Å². The summed E-state index contributed by atoms with van der Waals surface area (Å²) in [5, 5.41) is 6.53. The zero-order valence-electron chi connectivity index (χ0n) is 17.2. The van der Waals surface area contributed by atoms with Crippen LogP contribution in [0.5, 0.6) is 0 Å². The summed E-state index contributed by atoms with van der Waals surface area (Å²) in [6, 6.07) is 16.6. The first-order chi connectivity index (χ1) is 15.0. The molecule has 162 valence electrons. The van der Waals surface area contributed by atoms with Gasteiger partial charge in [0.05, 0.1) is 5.92 Å². The molecular formula is C24H26ClN3O3. The Bertz CT molecular complexity index is 966. The van der Waals surface area contributed by atoms with Crippen molar-refractivity contribution in [3.05, 3.63) is 70.7 Å². The lowest BCUT2D eigenvalue weighted by atomic mass is 9.76. The van der Waals surface area contributed by atoms with Gasteiger partial charge in [0.1, 0.15) is 0 Å². The van der Waals surface area contributed by atoms with E-state index in [4.69, 9.17) is 11.6 Å². The van der Waals surface area contributed by atoms with E-state index in [-0.39, 0.29) is 35.7 Å². The molecule has 0 radical (unpaired) electrons. The zero-order chi connectivity index (χ0) is 21.8. The van der Waals surface area contributed by atoms with Crippen LogP contribution in [0, 0.1) is 11.8 Å². The van der Waals surface area contributed by atoms with Crippen LogP contribution in [0.15, 0.2) is 54.6 Å². The van der Waals surface area contributed by atoms with Gasteiger partial charge in [0.15, 0.2) is 0 Å². The van der Waals surface area contributed by atoms with Crippen LogP contribution >= 0.6 is 11.6 Å². The highest BCUT2D eigenvalue weighted by molar-refractivity contribution is 6.31. The lowest BCUT2D eigenvalue weighted by Crippen LogP contribution is -2.62. The molecule has 1 saturated carbocycles. The molecule has 1 aliphatic heterocycles. The number of nitrogens with zero attached hydrogens (tertiary/aromatic N) is 1. The van der Waals surface area contributed by atoms with Crippen molar-refractivity contribution < 1.29 is 14.4 Å². The van der Waals surface area contributed by atoms with Crippen LogP contribution in [0.1, 0.15) is 30.4 Å². The van der Waals surface area contributed by atoms with Gasteiger partial charge in [0.2, 0.25) is 11.8 Å². The van der Waals surface area contributed by atoms with Crippen LogP contribution in [0.4, 0.5) is 4.79 Å². The van der Waals surface area contributed by atoms with E-state index in [0.717, 1.165) is 11.1 Å². The van der Waals surface area contributed by atoms with Gasteiger partial charge in [0.25, 0.3) is 0 Å². The van der Waals surface area contributed by atoms with Crippen molar-refractivity contribution in [2.24, 2.45) is 11.8 Å². The van der Waals surface area contributed by atoms with Gasteiger partial charge in [-0.05, 0) is 42.9 Å². The Morgan fingerprint density at radius 3 is 2.58 bits per heavy atom. The number of carbonyl (C=O) groups excluding carboxylic acids is 3. The standard InChI is InChI=1S/C24H26ClN3O3/c25-20-9-5-4-8-18(20)15-26-22(29)17-10-11-19-21(14-17)27-24(31)28(23(19)30)13-12-16-6-2-1-3-7-16/h1-9,17,19,21H,10-15H2,(H,26,29)(H,27,31). The molecule has 0 bridgehead atoms. The number of imide groups is 1. The molecule has 0 spiro atoms. The minimum Gasteiger partial charge on any atom is -0.352 e. The van der Waals surface area contributed by atoms with E-state index in [0.29, 0.717) is 43.8 Å². The second-order valence-corrected chi connectivity index (χ2v) is 8.61. The van der Waals surface area contributed by atoms with Crippen molar-refractivity contribution in [3.63, 3.8) is 0 Å². The second-order valence-electron chi connectivity index (χ2n) is 8.21. The highest BCUT2D eigenvalue weighted by Gasteiger charge is 2.45. The fraction of sp³-hybridized carbons (Fsp3) is 0.375. The van der Waals surface area contributed by atoms with Gasteiger partial charge in [-0.25, -0.2) is 4.79 Å². The van der Waals surface area contributed by atoms with E-state index in [1.807, 2.05) is 48.5 Å². The average molecular weight is 440 g/mol. The second kappa shape index (κ2) is 9.52. The Balaban J connectivity index is 1.32. The topological polar surface area (TPSA) is 78.5 Å². The molecule has 1 aliphatic carbocycles. The minimum atomic E-state index is -0.362. The van der Waals surface area contributed by atoms with Crippen molar-refractivity contribution in [1.82, 2.24) is 15.5 Å². The van der Waals surface area contributed by atoms with E-state index in [2.05, 4.69) is 10.6 Å². The Morgan fingerprint density at radius 2 is 1.81 bits per heavy atom. The molecule has 7 heteroatoms. The molecule has 4 amide bonds. The molecule has 2 aromatic rings. The Kier molecular flexibility index (Phi) is 6.56. The predicted molar refractivity (Wildman–Crippen MR) is 118 cm³/mol. The average Bonchev–Trinajstić information content (AvgIpc) is 2.78. The normalized spacial score (nSPS) is 23.1. The highest BCUT2D eigenvalue weighted by atomic mass is 35.5. The summed E-state index contributed by atoms with van der Waals surface area (Å²) in [4.78, 5) is 39.6. The number of halogens is 1. The lowest BCUT2D eigenvalue weighted by Gasteiger charge is -2.42. The predicted octanol–water partition coefficient (Wildman–Crippen LogP) is 3.54. The third-order valence-electron chi connectivity index (χ3n) is 6.24. The summed E-state index contributed by atoms with van der Waals surface area (Å²) in [6.45, 7) is 0.724. The smallest absolute Gasteiger partial charge is 0.324 e. The van der Waals surface area contributed by atoms with Crippen LogP contribution in [0.2, 0.25) is 5.02 Å². The number of urea groups is 1. The molecule has 1 saturated heterocycles. The molecule has 2 fully saturated rings. The maximum absolute atomic E-state index is 13.0. The van der Waals surface area contributed by atoms with E-state index < -0.39 is 0 Å². The third kappa shape index (κ3) is 4.90. The number of rotatable bonds is 6. The minimum absolute atomic E-state index is 0.0634. The number of fused-ring (bicyclic) bond motifs is 1. The summed E-state index contributed by atoms with van der Waals surface area (Å²) >= 11 is 6.15. The van der Waals surface area contributed by atoms with Gasteiger partial charge in [-0.15, -0.1) is 0 Å². The largest absolute Gasteiger partial charge is 0.352 e. The summed E-state index contributed by atoms with van der Waals surface area (Å²) in [7, 11) is 0. The number of amides is 4. The van der Waals surface area contributed by atoms with Gasteiger partial charge in [-0.3, -0.25) is 14.5 Å². The molecule has 2 aromatic carbocycles. The van der Waals surface area contributed by atoms with Crippen molar-refractivity contribution >= 4 is 29.4 Å². The Hall–Kier alpha value is -2.86. The van der Waals surface area contributed by atoms with Crippen molar-refractivity contribution in [1.29, 1.82) is 0 Å². The molecule has 6 nitrogen and oxygen atoms in total. The van der Waals surface area contributed by atoms with Crippen molar-refractivity contribution in [3.8, 4) is 0 Å². The number of benzene rings is 2. The summed E-state index contributed by atoms with van der Waals surface area (Å²) in [6.07, 6.45) is 2.33. The van der Waals surface area contributed by atoms with Gasteiger partial charge in [-0.2, -0.15) is 0 Å². The van der Waals surface area contributed by atoms with E-state index in [1.54, 1.807) is 6.07 Å². The number of carbonyl (C=O) groups is 3. The SMILES string of the molecule is O=C(NCc1ccccc1Cl)C1CCC2C(=O)N(CCc3ccccc3)C(=O)NC2C1. The van der Waals surface area contributed by atoms with Gasteiger partial charge >= 0.3 is 6.03 Å². The number of hydrogen-bond acceptors (Lipinski definition) is 3. The molecule has 2 aliphatic rings. The zero-order valence-corrected chi connectivity index (χ0v) is 18.0. The molecule has 3 atom stereocenters. The van der Waals surface area contributed by atoms with E-state index in [1.165, 1.54) is 4.90 Å². The number of hydrogen-bond donors (Lipinski definition) is 2. The summed E-state index contributed by atoms with van der Waals surface area (Å²) in [5.74, 6) is -0.681. The molecule has 3 unspecified atom stereocenters. The fourth-order valence-corrected chi connectivity index (χ4v) is 4.67. The Morgan fingerprint density at radius 1 is 1.06 bits per heavy atom. The monoisotopic (exact) mass is 439 g/mol. The third-order valence-corrected chi connectivity index (χ3v) is 6.60. The van der Waals surface area contributed by atoms with Crippen molar-refractivity contribution in [2.45, 2.75) is 38.3 Å². The molecular weight excluding hydrogens is 414 g/mol. The first kappa shape index (κ1) is 21.4. The van der Waals surface area contributed by atoms with Gasteiger partial charge < -0.3 is 10.6 Å².